The number of aryl methyl sites for hydroxylation is 1. The second kappa shape index (κ2) is 9.59. The van der Waals surface area contributed by atoms with Crippen molar-refractivity contribution in [2.24, 2.45) is 0 Å². The van der Waals surface area contributed by atoms with Gasteiger partial charge >= 0.3 is 0 Å². The number of halogens is 1. The Morgan fingerprint density at radius 2 is 1.83 bits per heavy atom. The summed E-state index contributed by atoms with van der Waals surface area (Å²) in [7, 11) is 0. The third-order valence-electron chi connectivity index (χ3n) is 4.25. The molecule has 0 aliphatic heterocycles. The van der Waals surface area contributed by atoms with Gasteiger partial charge in [-0.25, -0.2) is 0 Å². The van der Waals surface area contributed by atoms with Gasteiger partial charge in [0, 0.05) is 10.7 Å². The predicted octanol–water partition coefficient (Wildman–Crippen LogP) is 5.77. The third kappa shape index (κ3) is 5.71. The van der Waals surface area contributed by atoms with Gasteiger partial charge in [0.2, 0.25) is 0 Å². The Kier molecular flexibility index (Phi) is 6.67. The minimum absolute atomic E-state index is 0.00216. The van der Waals surface area contributed by atoms with E-state index >= 15 is 0 Å². The first-order chi connectivity index (χ1) is 14.0. The average molecular weight is 403 g/mol. The minimum atomic E-state index is -0.484. The van der Waals surface area contributed by atoms with Gasteiger partial charge in [0.05, 0.1) is 0 Å². The molecular weight excluding hydrogens is 384 g/mol. The molecule has 1 amide bonds. The Labute approximate surface area is 175 Å². The lowest BCUT2D eigenvalue weighted by Crippen LogP contribution is -2.14. The predicted molar refractivity (Wildman–Crippen MR) is 116 cm³/mol. The first kappa shape index (κ1) is 20.2. The van der Waals surface area contributed by atoms with Gasteiger partial charge in [-0.3, -0.25) is 4.79 Å². The number of nitrogens with one attached hydrogen (secondary N) is 1. The van der Waals surface area contributed by atoms with Crippen molar-refractivity contribution in [3.8, 4) is 11.8 Å². The van der Waals surface area contributed by atoms with E-state index in [4.69, 9.17) is 16.3 Å². The largest absolute Gasteiger partial charge is 0.489 e. The van der Waals surface area contributed by atoms with E-state index in [0.717, 1.165) is 16.7 Å². The van der Waals surface area contributed by atoms with Crippen molar-refractivity contribution in [2.75, 3.05) is 5.32 Å². The molecule has 0 aromatic heterocycles. The van der Waals surface area contributed by atoms with Crippen LogP contribution in [0.25, 0.3) is 6.08 Å². The molecule has 0 saturated carbocycles. The summed E-state index contributed by atoms with van der Waals surface area (Å²) < 4.78 is 5.75. The molecule has 0 saturated heterocycles. The second-order valence-electron chi connectivity index (χ2n) is 6.43. The molecule has 3 aromatic carbocycles. The molecule has 4 nitrogen and oxygen atoms in total. The number of carbonyl (C=O) groups is 1. The molecule has 5 heteroatoms. The zero-order valence-electron chi connectivity index (χ0n) is 15.9. The Bertz CT molecular complexity index is 1070. The first-order valence-corrected chi connectivity index (χ1v) is 9.39. The number of anilines is 1. The van der Waals surface area contributed by atoms with Gasteiger partial charge in [-0.2, -0.15) is 5.26 Å². The number of carbonyl (C=O) groups excluding carboxylic acids is 1. The van der Waals surface area contributed by atoms with E-state index < -0.39 is 5.91 Å². The van der Waals surface area contributed by atoms with Crippen molar-refractivity contribution >= 4 is 29.3 Å². The summed E-state index contributed by atoms with van der Waals surface area (Å²) >= 11 is 5.98. The standard InChI is InChI=1S/C24H19ClN2O2/c1-17-7-10-21(25)14-23(17)27-24(28)20(15-26)13-18-8-11-22(12-9-18)29-16-19-5-3-2-4-6-19/h2-14H,16H2,1H3,(H,27,28)/b20-13+. The molecule has 3 rings (SSSR count). The van der Waals surface area contributed by atoms with Gasteiger partial charge in [0.15, 0.2) is 0 Å². The van der Waals surface area contributed by atoms with Gasteiger partial charge in [-0.05, 0) is 54.0 Å². The fraction of sp³-hybridized carbons (Fsp3) is 0.0833. The lowest BCUT2D eigenvalue weighted by Gasteiger charge is -2.08. The summed E-state index contributed by atoms with van der Waals surface area (Å²) in [6.45, 7) is 2.33. The van der Waals surface area contributed by atoms with Crippen molar-refractivity contribution in [1.82, 2.24) is 0 Å². The molecule has 0 spiro atoms. The van der Waals surface area contributed by atoms with Crippen LogP contribution in [0.15, 0.2) is 78.4 Å². The number of benzene rings is 3. The number of hydrogen-bond donors (Lipinski definition) is 1. The molecule has 0 atom stereocenters. The third-order valence-corrected chi connectivity index (χ3v) is 4.49. The summed E-state index contributed by atoms with van der Waals surface area (Å²) in [4.78, 5) is 12.5. The second-order valence-corrected chi connectivity index (χ2v) is 6.86. The van der Waals surface area contributed by atoms with Crippen LogP contribution in [0.1, 0.15) is 16.7 Å². The van der Waals surface area contributed by atoms with Crippen molar-refractivity contribution in [3.63, 3.8) is 0 Å². The van der Waals surface area contributed by atoms with E-state index in [1.54, 1.807) is 24.3 Å². The molecule has 0 bridgehead atoms. The lowest BCUT2D eigenvalue weighted by atomic mass is 10.1. The number of nitrogens with zero attached hydrogens (tertiary/aromatic N) is 1. The van der Waals surface area contributed by atoms with Crippen LogP contribution in [-0.2, 0) is 11.4 Å². The van der Waals surface area contributed by atoms with Crippen molar-refractivity contribution in [1.29, 1.82) is 5.26 Å². The summed E-state index contributed by atoms with van der Waals surface area (Å²) in [5.74, 6) is 0.228. The van der Waals surface area contributed by atoms with E-state index in [9.17, 15) is 10.1 Å². The van der Waals surface area contributed by atoms with Crippen LogP contribution in [-0.4, -0.2) is 5.91 Å². The van der Waals surface area contributed by atoms with Gasteiger partial charge < -0.3 is 10.1 Å². The molecular formula is C24H19ClN2O2. The molecule has 0 aliphatic rings. The molecule has 0 fully saturated rings. The number of rotatable bonds is 6. The van der Waals surface area contributed by atoms with E-state index in [1.165, 1.54) is 6.08 Å². The summed E-state index contributed by atoms with van der Waals surface area (Å²) in [5.41, 5.74) is 3.25. The number of nitriles is 1. The van der Waals surface area contributed by atoms with E-state index in [1.807, 2.05) is 61.5 Å². The minimum Gasteiger partial charge on any atom is -0.489 e. The van der Waals surface area contributed by atoms with Crippen LogP contribution in [0, 0.1) is 18.3 Å². The molecule has 1 N–H and O–H groups in total. The highest BCUT2D eigenvalue weighted by Crippen LogP contribution is 2.21. The average Bonchev–Trinajstić information content (AvgIpc) is 2.74. The molecule has 29 heavy (non-hydrogen) atoms. The van der Waals surface area contributed by atoms with E-state index in [-0.39, 0.29) is 5.57 Å². The van der Waals surface area contributed by atoms with Crippen molar-refractivity contribution < 1.29 is 9.53 Å². The van der Waals surface area contributed by atoms with Crippen LogP contribution >= 0.6 is 11.6 Å². The van der Waals surface area contributed by atoms with Gasteiger partial charge in [-0.15, -0.1) is 0 Å². The number of ether oxygens (including phenoxy) is 1. The Morgan fingerprint density at radius 3 is 2.52 bits per heavy atom. The maximum Gasteiger partial charge on any atom is 0.266 e. The highest BCUT2D eigenvalue weighted by Gasteiger charge is 2.11. The van der Waals surface area contributed by atoms with E-state index in [0.29, 0.717) is 23.1 Å². The quantitative estimate of drug-likeness (QED) is 0.420. The highest BCUT2D eigenvalue weighted by molar-refractivity contribution is 6.31. The van der Waals surface area contributed by atoms with Crippen LogP contribution in [0.4, 0.5) is 5.69 Å². The highest BCUT2D eigenvalue weighted by atomic mass is 35.5. The maximum absolute atomic E-state index is 12.5. The van der Waals surface area contributed by atoms with Crippen molar-refractivity contribution in [3.05, 3.63) is 100 Å². The summed E-state index contributed by atoms with van der Waals surface area (Å²) in [5, 5.41) is 12.6. The monoisotopic (exact) mass is 402 g/mol. The first-order valence-electron chi connectivity index (χ1n) is 9.01. The zero-order chi connectivity index (χ0) is 20.6. The van der Waals surface area contributed by atoms with Gasteiger partial charge in [0.25, 0.3) is 5.91 Å². The number of hydrogen-bond acceptors (Lipinski definition) is 3. The fourth-order valence-electron chi connectivity index (χ4n) is 2.63. The molecule has 0 heterocycles. The molecule has 3 aromatic rings. The van der Waals surface area contributed by atoms with Crippen LogP contribution in [0.5, 0.6) is 5.75 Å². The molecule has 0 unspecified atom stereocenters. The van der Waals surface area contributed by atoms with Gasteiger partial charge in [0.1, 0.15) is 24.0 Å². The van der Waals surface area contributed by atoms with Crippen LogP contribution in [0.2, 0.25) is 5.02 Å². The smallest absolute Gasteiger partial charge is 0.266 e. The Morgan fingerprint density at radius 1 is 1.10 bits per heavy atom. The summed E-state index contributed by atoms with van der Waals surface area (Å²) in [6.07, 6.45) is 1.54. The molecule has 144 valence electrons. The molecule has 0 aliphatic carbocycles. The maximum atomic E-state index is 12.5. The summed E-state index contributed by atoms with van der Waals surface area (Å²) in [6, 6.07) is 24.3. The van der Waals surface area contributed by atoms with Crippen LogP contribution in [0.3, 0.4) is 0 Å². The fourth-order valence-corrected chi connectivity index (χ4v) is 2.81. The number of amides is 1. The lowest BCUT2D eigenvalue weighted by molar-refractivity contribution is -0.112. The zero-order valence-corrected chi connectivity index (χ0v) is 16.6. The van der Waals surface area contributed by atoms with E-state index in [2.05, 4.69) is 5.32 Å². The SMILES string of the molecule is Cc1ccc(Cl)cc1NC(=O)/C(C#N)=C/c1ccc(OCc2ccccc2)cc1. The van der Waals surface area contributed by atoms with Crippen LogP contribution < -0.4 is 10.1 Å². The van der Waals surface area contributed by atoms with Gasteiger partial charge in [-0.1, -0.05) is 60.1 Å². The normalized spacial score (nSPS) is 10.9. The Balaban J connectivity index is 1.67. The topological polar surface area (TPSA) is 62.1 Å². The molecule has 0 radical (unpaired) electrons. The Hall–Kier alpha value is -3.55. The van der Waals surface area contributed by atoms with Crippen molar-refractivity contribution in [2.45, 2.75) is 13.5 Å².